The van der Waals surface area contributed by atoms with E-state index in [1.807, 2.05) is 0 Å². The van der Waals surface area contributed by atoms with Crippen LogP contribution in [0.2, 0.25) is 0 Å². The zero-order valence-corrected chi connectivity index (χ0v) is 10.2. The lowest BCUT2D eigenvalue weighted by molar-refractivity contribution is 0.0595. The highest BCUT2D eigenvalue weighted by molar-refractivity contribution is 7.13. The monoisotopic (exact) mass is 240 g/mol. The fourth-order valence-electron chi connectivity index (χ4n) is 1.96. The summed E-state index contributed by atoms with van der Waals surface area (Å²) in [5.41, 5.74) is 0.394. The van der Waals surface area contributed by atoms with Crippen LogP contribution in [0.5, 0.6) is 0 Å². The smallest absolute Gasteiger partial charge is 0.357 e. The molecule has 1 saturated carbocycles. The maximum Gasteiger partial charge on any atom is 0.357 e. The van der Waals surface area contributed by atoms with Crippen LogP contribution in [-0.4, -0.2) is 24.1 Å². The van der Waals surface area contributed by atoms with Crippen LogP contribution in [0.15, 0.2) is 5.38 Å². The van der Waals surface area contributed by atoms with E-state index in [2.05, 4.69) is 15.0 Å². The van der Waals surface area contributed by atoms with E-state index in [0.29, 0.717) is 11.7 Å². The van der Waals surface area contributed by atoms with Gasteiger partial charge in [0.1, 0.15) is 0 Å². The highest BCUT2D eigenvalue weighted by Crippen LogP contribution is 2.23. The highest BCUT2D eigenvalue weighted by Gasteiger charge is 2.16. The van der Waals surface area contributed by atoms with Gasteiger partial charge in [0.2, 0.25) is 0 Å². The summed E-state index contributed by atoms with van der Waals surface area (Å²) >= 11 is 1.46. The van der Waals surface area contributed by atoms with Crippen LogP contribution >= 0.6 is 11.3 Å². The van der Waals surface area contributed by atoms with Gasteiger partial charge in [0, 0.05) is 11.4 Å². The second-order valence-electron chi connectivity index (χ2n) is 4.01. The van der Waals surface area contributed by atoms with Gasteiger partial charge in [-0.1, -0.05) is 19.3 Å². The number of nitrogens with one attached hydrogen (secondary N) is 1. The van der Waals surface area contributed by atoms with Gasteiger partial charge in [0.15, 0.2) is 10.8 Å². The molecule has 0 atom stereocenters. The first-order chi connectivity index (χ1) is 7.79. The van der Waals surface area contributed by atoms with Crippen LogP contribution in [-0.2, 0) is 4.74 Å². The van der Waals surface area contributed by atoms with Crippen LogP contribution in [0.25, 0.3) is 0 Å². The number of aromatic nitrogens is 1. The van der Waals surface area contributed by atoms with Gasteiger partial charge < -0.3 is 10.1 Å². The van der Waals surface area contributed by atoms with Gasteiger partial charge in [-0.15, -0.1) is 11.3 Å². The van der Waals surface area contributed by atoms with E-state index >= 15 is 0 Å². The number of hydrogen-bond acceptors (Lipinski definition) is 5. The van der Waals surface area contributed by atoms with E-state index in [-0.39, 0.29) is 5.97 Å². The predicted molar refractivity (Wildman–Crippen MR) is 63.9 cm³/mol. The average Bonchev–Trinajstić information content (AvgIpc) is 2.78. The van der Waals surface area contributed by atoms with Crippen LogP contribution in [0, 0.1) is 0 Å². The van der Waals surface area contributed by atoms with Crippen LogP contribution in [0.1, 0.15) is 42.6 Å². The lowest BCUT2D eigenvalue weighted by Gasteiger charge is -2.22. The Hall–Kier alpha value is -1.10. The molecule has 5 heteroatoms. The maximum absolute atomic E-state index is 11.2. The van der Waals surface area contributed by atoms with Crippen molar-refractivity contribution in [3.05, 3.63) is 11.1 Å². The molecule has 1 heterocycles. The number of carbonyl (C=O) groups is 1. The van der Waals surface area contributed by atoms with Crippen molar-refractivity contribution in [3.8, 4) is 0 Å². The van der Waals surface area contributed by atoms with E-state index < -0.39 is 0 Å². The molecule has 16 heavy (non-hydrogen) atoms. The van der Waals surface area contributed by atoms with E-state index in [1.54, 1.807) is 5.38 Å². The number of esters is 1. The summed E-state index contributed by atoms with van der Waals surface area (Å²) in [4.78, 5) is 15.4. The molecule has 0 amide bonds. The van der Waals surface area contributed by atoms with Crippen molar-refractivity contribution in [2.24, 2.45) is 0 Å². The molecule has 1 aliphatic carbocycles. The van der Waals surface area contributed by atoms with Crippen molar-refractivity contribution in [2.75, 3.05) is 12.4 Å². The Bertz CT molecular complexity index is 359. The standard InChI is InChI=1S/C11H16N2O2S/c1-15-10(14)9-7-16-11(13-9)12-8-5-3-2-4-6-8/h7-8H,2-6H2,1H3,(H,12,13). The molecule has 4 nitrogen and oxygen atoms in total. The third kappa shape index (κ3) is 2.72. The lowest BCUT2D eigenvalue weighted by Crippen LogP contribution is -2.22. The molecule has 2 rings (SSSR count). The number of rotatable bonds is 3. The molecule has 1 fully saturated rings. The van der Waals surface area contributed by atoms with E-state index in [1.165, 1.54) is 50.6 Å². The third-order valence-electron chi connectivity index (χ3n) is 2.83. The number of nitrogens with zero attached hydrogens (tertiary/aromatic N) is 1. The minimum absolute atomic E-state index is 0.368. The van der Waals surface area contributed by atoms with Crippen molar-refractivity contribution < 1.29 is 9.53 Å². The predicted octanol–water partition coefficient (Wildman–Crippen LogP) is 2.67. The first-order valence-corrected chi connectivity index (χ1v) is 6.48. The number of thiazole rings is 1. The third-order valence-corrected chi connectivity index (χ3v) is 3.60. The summed E-state index contributed by atoms with van der Waals surface area (Å²) < 4.78 is 4.62. The Kier molecular flexibility index (Phi) is 3.77. The average molecular weight is 240 g/mol. The van der Waals surface area contributed by atoms with E-state index in [0.717, 1.165) is 5.13 Å². The first-order valence-electron chi connectivity index (χ1n) is 5.60. The van der Waals surface area contributed by atoms with Gasteiger partial charge in [-0.05, 0) is 12.8 Å². The van der Waals surface area contributed by atoms with Crippen molar-refractivity contribution in [2.45, 2.75) is 38.1 Å². The Balaban J connectivity index is 1.94. The Morgan fingerprint density at radius 1 is 1.50 bits per heavy atom. The molecule has 0 aliphatic heterocycles. The Morgan fingerprint density at radius 2 is 2.25 bits per heavy atom. The molecule has 0 aromatic carbocycles. The minimum Gasteiger partial charge on any atom is -0.464 e. The number of carbonyl (C=O) groups excluding carboxylic acids is 1. The van der Waals surface area contributed by atoms with E-state index in [4.69, 9.17) is 0 Å². The fraction of sp³-hybridized carbons (Fsp3) is 0.636. The summed E-state index contributed by atoms with van der Waals surface area (Å²) in [7, 11) is 1.37. The second kappa shape index (κ2) is 5.30. The van der Waals surface area contributed by atoms with Crippen molar-refractivity contribution >= 4 is 22.4 Å². The molecular formula is C11H16N2O2S. The zero-order valence-electron chi connectivity index (χ0n) is 9.36. The number of methoxy groups -OCH3 is 1. The number of ether oxygens (including phenoxy) is 1. The normalized spacial score (nSPS) is 17.1. The molecule has 0 saturated heterocycles. The van der Waals surface area contributed by atoms with Crippen molar-refractivity contribution in [1.29, 1.82) is 0 Å². The SMILES string of the molecule is COC(=O)c1csc(NC2CCCCC2)n1. The van der Waals surface area contributed by atoms with Gasteiger partial charge in [-0.2, -0.15) is 0 Å². The van der Waals surface area contributed by atoms with Crippen molar-refractivity contribution in [1.82, 2.24) is 4.98 Å². The summed E-state index contributed by atoms with van der Waals surface area (Å²) in [6.45, 7) is 0. The zero-order chi connectivity index (χ0) is 11.4. The first kappa shape index (κ1) is 11.4. The number of hydrogen-bond donors (Lipinski definition) is 1. The molecule has 0 bridgehead atoms. The van der Waals surface area contributed by atoms with Crippen LogP contribution in [0.4, 0.5) is 5.13 Å². The van der Waals surface area contributed by atoms with Gasteiger partial charge >= 0.3 is 5.97 Å². The molecular weight excluding hydrogens is 224 g/mol. The topological polar surface area (TPSA) is 51.2 Å². The molecule has 1 aliphatic rings. The Morgan fingerprint density at radius 3 is 2.94 bits per heavy atom. The van der Waals surface area contributed by atoms with Gasteiger partial charge in [0.25, 0.3) is 0 Å². The molecule has 0 radical (unpaired) electrons. The second-order valence-corrected chi connectivity index (χ2v) is 4.87. The summed E-state index contributed by atoms with van der Waals surface area (Å²) in [6.07, 6.45) is 6.31. The minimum atomic E-state index is -0.368. The largest absolute Gasteiger partial charge is 0.464 e. The quantitative estimate of drug-likeness (QED) is 0.825. The molecule has 0 unspecified atom stereocenters. The molecule has 1 aromatic rings. The molecule has 1 aromatic heterocycles. The van der Waals surface area contributed by atoms with Crippen LogP contribution < -0.4 is 5.32 Å². The number of anilines is 1. The van der Waals surface area contributed by atoms with E-state index in [9.17, 15) is 4.79 Å². The Labute approximate surface area is 99.0 Å². The summed E-state index contributed by atoms with van der Waals surface area (Å²) in [5.74, 6) is -0.368. The summed E-state index contributed by atoms with van der Waals surface area (Å²) in [5, 5.41) is 5.94. The van der Waals surface area contributed by atoms with Crippen LogP contribution in [0.3, 0.4) is 0 Å². The molecule has 88 valence electrons. The highest BCUT2D eigenvalue weighted by atomic mass is 32.1. The fourth-order valence-corrected chi connectivity index (χ4v) is 2.72. The van der Waals surface area contributed by atoms with Gasteiger partial charge in [-0.3, -0.25) is 0 Å². The van der Waals surface area contributed by atoms with Gasteiger partial charge in [-0.25, -0.2) is 9.78 Å². The summed E-state index contributed by atoms with van der Waals surface area (Å²) in [6, 6.07) is 0.519. The maximum atomic E-state index is 11.2. The molecule has 0 spiro atoms. The lowest BCUT2D eigenvalue weighted by atomic mass is 9.96. The molecule has 1 N–H and O–H groups in total. The van der Waals surface area contributed by atoms with Crippen molar-refractivity contribution in [3.63, 3.8) is 0 Å². The van der Waals surface area contributed by atoms with Gasteiger partial charge in [0.05, 0.1) is 7.11 Å².